The summed E-state index contributed by atoms with van der Waals surface area (Å²) in [6.07, 6.45) is 2.56. The van der Waals surface area contributed by atoms with E-state index < -0.39 is 0 Å². The molecule has 0 aliphatic carbocycles. The SMILES string of the molecule is CNCc1ccc(N2CCCC(COC)C2)cc1. The van der Waals surface area contributed by atoms with Gasteiger partial charge in [-0.15, -0.1) is 0 Å². The molecule has 1 aliphatic heterocycles. The Morgan fingerprint density at radius 1 is 1.33 bits per heavy atom. The van der Waals surface area contributed by atoms with Gasteiger partial charge in [0.25, 0.3) is 0 Å². The van der Waals surface area contributed by atoms with Crippen molar-refractivity contribution in [1.29, 1.82) is 0 Å². The Bertz CT molecular complexity index is 348. The van der Waals surface area contributed by atoms with E-state index in [0.29, 0.717) is 5.92 Å². The molecule has 0 saturated carbocycles. The van der Waals surface area contributed by atoms with Crippen LogP contribution < -0.4 is 10.2 Å². The molecule has 0 amide bonds. The molecule has 0 spiro atoms. The minimum Gasteiger partial charge on any atom is -0.384 e. The highest BCUT2D eigenvalue weighted by molar-refractivity contribution is 5.48. The highest BCUT2D eigenvalue weighted by Crippen LogP contribution is 2.23. The van der Waals surface area contributed by atoms with Crippen molar-refractivity contribution in [3.05, 3.63) is 29.8 Å². The van der Waals surface area contributed by atoms with Crippen LogP contribution in [0.5, 0.6) is 0 Å². The number of nitrogens with zero attached hydrogens (tertiary/aromatic N) is 1. The highest BCUT2D eigenvalue weighted by Gasteiger charge is 2.19. The van der Waals surface area contributed by atoms with E-state index in [1.54, 1.807) is 7.11 Å². The lowest BCUT2D eigenvalue weighted by Crippen LogP contribution is -2.37. The van der Waals surface area contributed by atoms with Gasteiger partial charge in [-0.2, -0.15) is 0 Å². The Morgan fingerprint density at radius 2 is 2.11 bits per heavy atom. The largest absolute Gasteiger partial charge is 0.384 e. The third-order valence-electron chi connectivity index (χ3n) is 3.60. The van der Waals surface area contributed by atoms with Gasteiger partial charge in [-0.25, -0.2) is 0 Å². The van der Waals surface area contributed by atoms with E-state index in [1.165, 1.54) is 30.6 Å². The van der Waals surface area contributed by atoms with Crippen LogP contribution in [0.3, 0.4) is 0 Å². The first-order chi connectivity index (χ1) is 8.83. The Hall–Kier alpha value is -1.06. The zero-order valence-corrected chi connectivity index (χ0v) is 11.5. The Balaban J connectivity index is 1.97. The first-order valence-electron chi connectivity index (χ1n) is 6.81. The zero-order valence-electron chi connectivity index (χ0n) is 11.5. The fourth-order valence-electron chi connectivity index (χ4n) is 2.70. The second-order valence-electron chi connectivity index (χ2n) is 5.11. The minimum absolute atomic E-state index is 0.681. The molecule has 1 saturated heterocycles. The maximum absolute atomic E-state index is 5.28. The molecule has 1 aromatic rings. The lowest BCUT2D eigenvalue weighted by atomic mass is 9.98. The van der Waals surface area contributed by atoms with Gasteiger partial charge in [-0.1, -0.05) is 12.1 Å². The molecular formula is C15H24N2O. The monoisotopic (exact) mass is 248 g/mol. The maximum Gasteiger partial charge on any atom is 0.0507 e. The molecule has 3 nitrogen and oxygen atoms in total. The average Bonchev–Trinajstić information content (AvgIpc) is 2.41. The van der Waals surface area contributed by atoms with E-state index in [2.05, 4.69) is 34.5 Å². The number of hydrogen-bond donors (Lipinski definition) is 1. The summed E-state index contributed by atoms with van der Waals surface area (Å²) < 4.78 is 5.28. The van der Waals surface area contributed by atoms with Crippen molar-refractivity contribution < 1.29 is 4.74 Å². The summed E-state index contributed by atoms with van der Waals surface area (Å²) in [6.45, 7) is 4.12. The Kier molecular flexibility index (Phi) is 5.02. The predicted octanol–water partition coefficient (Wildman–Crippen LogP) is 2.27. The van der Waals surface area contributed by atoms with Gasteiger partial charge in [0.1, 0.15) is 0 Å². The summed E-state index contributed by atoms with van der Waals surface area (Å²) >= 11 is 0. The molecule has 100 valence electrons. The first-order valence-corrected chi connectivity index (χ1v) is 6.81. The molecule has 1 aliphatic rings. The summed E-state index contributed by atoms with van der Waals surface area (Å²) in [7, 11) is 3.78. The van der Waals surface area contributed by atoms with Crippen LogP contribution in [0.4, 0.5) is 5.69 Å². The van der Waals surface area contributed by atoms with Crippen molar-refractivity contribution in [2.75, 3.05) is 38.8 Å². The van der Waals surface area contributed by atoms with Crippen LogP contribution in [0.15, 0.2) is 24.3 Å². The smallest absolute Gasteiger partial charge is 0.0507 e. The van der Waals surface area contributed by atoms with Gasteiger partial charge in [0.2, 0.25) is 0 Å². The summed E-state index contributed by atoms with van der Waals surface area (Å²) in [4.78, 5) is 2.48. The van der Waals surface area contributed by atoms with E-state index in [1.807, 2.05) is 7.05 Å². The topological polar surface area (TPSA) is 24.5 Å². The van der Waals surface area contributed by atoms with Crippen molar-refractivity contribution in [3.8, 4) is 0 Å². The van der Waals surface area contributed by atoms with E-state index >= 15 is 0 Å². The number of anilines is 1. The number of rotatable bonds is 5. The van der Waals surface area contributed by atoms with Gasteiger partial charge in [0.05, 0.1) is 6.61 Å². The molecule has 0 radical (unpaired) electrons. The Morgan fingerprint density at radius 3 is 2.78 bits per heavy atom. The number of methoxy groups -OCH3 is 1. The third kappa shape index (κ3) is 3.47. The van der Waals surface area contributed by atoms with Gasteiger partial charge >= 0.3 is 0 Å². The molecular weight excluding hydrogens is 224 g/mol. The summed E-state index contributed by atoms with van der Waals surface area (Å²) in [5.74, 6) is 0.681. The normalized spacial score (nSPS) is 20.1. The summed E-state index contributed by atoms with van der Waals surface area (Å²) in [5, 5.41) is 3.18. The maximum atomic E-state index is 5.28. The molecule has 1 aromatic carbocycles. The third-order valence-corrected chi connectivity index (χ3v) is 3.60. The summed E-state index contributed by atoms with van der Waals surface area (Å²) in [5.41, 5.74) is 2.68. The summed E-state index contributed by atoms with van der Waals surface area (Å²) in [6, 6.07) is 8.90. The van der Waals surface area contributed by atoms with Gasteiger partial charge in [-0.3, -0.25) is 0 Å². The fraction of sp³-hybridized carbons (Fsp3) is 0.600. The van der Waals surface area contributed by atoms with Crippen molar-refractivity contribution >= 4 is 5.69 Å². The van der Waals surface area contributed by atoms with E-state index in [4.69, 9.17) is 4.74 Å². The highest BCUT2D eigenvalue weighted by atomic mass is 16.5. The zero-order chi connectivity index (χ0) is 12.8. The van der Waals surface area contributed by atoms with Crippen LogP contribution in [0, 0.1) is 5.92 Å². The molecule has 1 N–H and O–H groups in total. The molecule has 1 heterocycles. The van der Waals surface area contributed by atoms with E-state index in [9.17, 15) is 0 Å². The number of piperidine rings is 1. The van der Waals surface area contributed by atoms with Crippen molar-refractivity contribution in [2.45, 2.75) is 19.4 Å². The van der Waals surface area contributed by atoms with Crippen LogP contribution in [0.25, 0.3) is 0 Å². The first kappa shape index (κ1) is 13.4. The van der Waals surface area contributed by atoms with E-state index in [0.717, 1.165) is 19.7 Å². The van der Waals surface area contributed by atoms with Crippen molar-refractivity contribution in [1.82, 2.24) is 5.32 Å². The van der Waals surface area contributed by atoms with Crippen LogP contribution in [-0.2, 0) is 11.3 Å². The number of benzene rings is 1. The average molecular weight is 248 g/mol. The van der Waals surface area contributed by atoms with Crippen molar-refractivity contribution in [2.24, 2.45) is 5.92 Å². The van der Waals surface area contributed by atoms with Gasteiger partial charge in [0, 0.05) is 32.4 Å². The lowest BCUT2D eigenvalue weighted by molar-refractivity contribution is 0.143. The predicted molar refractivity (Wildman–Crippen MR) is 76.0 cm³/mol. The lowest BCUT2D eigenvalue weighted by Gasteiger charge is -2.34. The Labute approximate surface area is 110 Å². The molecule has 18 heavy (non-hydrogen) atoms. The van der Waals surface area contributed by atoms with Gasteiger partial charge in [-0.05, 0) is 43.5 Å². The minimum atomic E-state index is 0.681. The molecule has 0 aromatic heterocycles. The van der Waals surface area contributed by atoms with Gasteiger partial charge in [0.15, 0.2) is 0 Å². The van der Waals surface area contributed by atoms with Crippen LogP contribution in [0.1, 0.15) is 18.4 Å². The quantitative estimate of drug-likeness (QED) is 0.865. The molecule has 3 heteroatoms. The fourth-order valence-corrected chi connectivity index (χ4v) is 2.70. The van der Waals surface area contributed by atoms with Crippen LogP contribution >= 0.6 is 0 Å². The van der Waals surface area contributed by atoms with Gasteiger partial charge < -0.3 is 15.0 Å². The second-order valence-corrected chi connectivity index (χ2v) is 5.11. The molecule has 1 unspecified atom stereocenters. The standard InChI is InChI=1S/C15H24N2O/c1-16-10-13-5-7-15(8-6-13)17-9-3-4-14(11-17)12-18-2/h5-8,14,16H,3-4,9-12H2,1-2H3. The van der Waals surface area contributed by atoms with E-state index in [-0.39, 0.29) is 0 Å². The molecule has 1 fully saturated rings. The number of ether oxygens (including phenoxy) is 1. The molecule has 1 atom stereocenters. The van der Waals surface area contributed by atoms with Crippen molar-refractivity contribution in [3.63, 3.8) is 0 Å². The van der Waals surface area contributed by atoms with Crippen LogP contribution in [0.2, 0.25) is 0 Å². The number of hydrogen-bond acceptors (Lipinski definition) is 3. The molecule has 2 rings (SSSR count). The molecule has 0 bridgehead atoms. The number of nitrogens with one attached hydrogen (secondary N) is 1. The second kappa shape index (κ2) is 6.76. The van der Waals surface area contributed by atoms with Crippen LogP contribution in [-0.4, -0.2) is 33.9 Å².